The Hall–Kier alpha value is -6.00. The monoisotopic (exact) mass is 813 g/mol. The number of hydrogen-bond donors (Lipinski definition) is 8. The first kappa shape index (κ1) is 42.1. The minimum absolute atomic E-state index is 0.0983. The molecule has 2 aromatic rings. The lowest BCUT2D eigenvalue weighted by Gasteiger charge is -2.31. The van der Waals surface area contributed by atoms with Gasteiger partial charge in [-0.3, -0.25) is 43.3 Å². The molecule has 0 bridgehead atoms. The standard InChI is InChI=1S/C17H23N7O5.C17H24N6O4S/c1-23-13(25)6-10(22-17(23)29)15(27)21-11(5-9-7-19-8-20-9)16(28)24-4-2-3-12(24)14(18)26;1-9-15(25)22-12(7-28-9)16(26)21-11(5-10-6-19-8-20-10)17(27)23-4-2-3-13(23)14(18)24/h7-8,10-12H,2-6H2,1H3,(H2,18,26)(H,19,20)(H,21,27)(H,22,29);6,8-9,11-13H,2-5,7H2,1H3,(H2,18,24)(H,19,20)(H,21,26)(H,22,25)/t;9-,11+,12+,13+/m.1/s1. The van der Waals surface area contributed by atoms with Crippen molar-refractivity contribution in [2.45, 2.75) is 93.4 Å². The molecule has 6 rings (SSSR count). The Balaban J connectivity index is 0.000000218. The summed E-state index contributed by atoms with van der Waals surface area (Å²) in [5.74, 6) is -3.35. The molecule has 0 aromatic carbocycles. The van der Waals surface area contributed by atoms with E-state index < -0.39 is 77.7 Å². The van der Waals surface area contributed by atoms with Crippen LogP contribution in [0.5, 0.6) is 0 Å². The molecule has 10 N–H and O–H groups in total. The third-order valence-electron chi connectivity index (χ3n) is 10.1. The van der Waals surface area contributed by atoms with Gasteiger partial charge in [0.1, 0.15) is 36.3 Å². The number of urea groups is 1. The van der Waals surface area contributed by atoms with Crippen LogP contribution in [0.4, 0.5) is 4.79 Å². The molecule has 57 heavy (non-hydrogen) atoms. The third kappa shape index (κ3) is 10.4. The molecule has 7 atom stereocenters. The van der Waals surface area contributed by atoms with E-state index in [1.165, 1.54) is 47.5 Å². The highest BCUT2D eigenvalue weighted by atomic mass is 32.2. The molecule has 4 aliphatic rings. The topological polar surface area (TPSA) is 321 Å². The molecule has 23 heteroatoms. The summed E-state index contributed by atoms with van der Waals surface area (Å²) < 4.78 is 0. The predicted molar refractivity (Wildman–Crippen MR) is 200 cm³/mol. The predicted octanol–water partition coefficient (Wildman–Crippen LogP) is -3.61. The van der Waals surface area contributed by atoms with Crippen LogP contribution in [0.1, 0.15) is 50.4 Å². The van der Waals surface area contributed by atoms with Crippen LogP contribution < -0.4 is 32.7 Å². The highest BCUT2D eigenvalue weighted by Crippen LogP contribution is 2.21. The van der Waals surface area contributed by atoms with E-state index in [0.29, 0.717) is 55.9 Å². The molecule has 10 amide bonds. The quantitative estimate of drug-likeness (QED) is 0.103. The van der Waals surface area contributed by atoms with E-state index in [9.17, 15) is 43.2 Å². The van der Waals surface area contributed by atoms with Gasteiger partial charge < -0.3 is 52.5 Å². The number of likely N-dealkylation sites (tertiary alicyclic amines) is 2. The van der Waals surface area contributed by atoms with E-state index >= 15 is 0 Å². The number of amides is 10. The van der Waals surface area contributed by atoms with Gasteiger partial charge in [-0.05, 0) is 32.6 Å². The summed E-state index contributed by atoms with van der Waals surface area (Å²) in [5.41, 5.74) is 12.1. The van der Waals surface area contributed by atoms with Gasteiger partial charge in [0.2, 0.25) is 47.3 Å². The molecule has 3 unspecified atom stereocenters. The fourth-order valence-electron chi connectivity index (χ4n) is 6.90. The summed E-state index contributed by atoms with van der Waals surface area (Å²) in [6.45, 7) is 2.54. The Morgan fingerprint density at radius 1 is 0.807 bits per heavy atom. The van der Waals surface area contributed by atoms with Gasteiger partial charge in [-0.2, -0.15) is 0 Å². The molecular formula is C34H47N13O9S. The minimum atomic E-state index is -1.09. The molecule has 22 nitrogen and oxygen atoms in total. The van der Waals surface area contributed by atoms with Crippen molar-refractivity contribution in [1.82, 2.24) is 55.9 Å². The summed E-state index contributed by atoms with van der Waals surface area (Å²) in [7, 11) is 1.31. The summed E-state index contributed by atoms with van der Waals surface area (Å²) >= 11 is 1.39. The van der Waals surface area contributed by atoms with Crippen LogP contribution >= 0.6 is 11.8 Å². The van der Waals surface area contributed by atoms with E-state index in [1.54, 1.807) is 13.1 Å². The summed E-state index contributed by atoms with van der Waals surface area (Å²) in [5, 5.41) is 10.2. The van der Waals surface area contributed by atoms with Crippen LogP contribution in [-0.2, 0) is 51.2 Å². The highest BCUT2D eigenvalue weighted by molar-refractivity contribution is 8.00. The van der Waals surface area contributed by atoms with Crippen LogP contribution in [0, 0.1) is 0 Å². The molecule has 6 heterocycles. The number of aromatic amines is 2. The third-order valence-corrected chi connectivity index (χ3v) is 11.3. The zero-order valence-electron chi connectivity index (χ0n) is 31.4. The maximum absolute atomic E-state index is 13.1. The van der Waals surface area contributed by atoms with Crippen molar-refractivity contribution < 1.29 is 43.2 Å². The maximum Gasteiger partial charge on any atom is 0.324 e. The second-order valence-corrected chi connectivity index (χ2v) is 15.4. The lowest BCUT2D eigenvalue weighted by Crippen LogP contribution is -2.61. The molecule has 0 saturated carbocycles. The van der Waals surface area contributed by atoms with Gasteiger partial charge in [-0.25, -0.2) is 14.8 Å². The second-order valence-electron chi connectivity index (χ2n) is 14.1. The number of thioether (sulfide) groups is 1. The van der Waals surface area contributed by atoms with Crippen LogP contribution in [0.25, 0.3) is 0 Å². The van der Waals surface area contributed by atoms with Gasteiger partial charge in [0.15, 0.2) is 0 Å². The van der Waals surface area contributed by atoms with Crippen molar-refractivity contribution in [3.05, 3.63) is 36.4 Å². The number of carbonyl (C=O) groups excluding carboxylic acids is 9. The molecule has 0 radical (unpaired) electrons. The summed E-state index contributed by atoms with van der Waals surface area (Å²) in [4.78, 5) is 128. The average molecular weight is 814 g/mol. The SMILES string of the molecule is CN1C(=O)CC(C(=O)NC(Cc2cnc[nH]2)C(=O)N2CCCC2C(N)=O)NC1=O.C[C@H]1SC[C@@H](C(=O)N[C@@H](Cc2cnc[nH]2)C(=O)N2CCC[C@H]2C(N)=O)NC1=O. The lowest BCUT2D eigenvalue weighted by atomic mass is 10.1. The van der Waals surface area contributed by atoms with Gasteiger partial charge >= 0.3 is 6.03 Å². The number of H-pyrrole nitrogens is 2. The van der Waals surface area contributed by atoms with Gasteiger partial charge in [-0.1, -0.05) is 0 Å². The van der Waals surface area contributed by atoms with Crippen molar-refractivity contribution in [3.8, 4) is 0 Å². The van der Waals surface area contributed by atoms with E-state index in [0.717, 1.165) is 4.90 Å². The van der Waals surface area contributed by atoms with Gasteiger partial charge in [0.25, 0.3) is 0 Å². The Morgan fingerprint density at radius 2 is 1.30 bits per heavy atom. The average Bonchev–Trinajstić information content (AvgIpc) is 4.02. The van der Waals surface area contributed by atoms with Gasteiger partial charge in [-0.15, -0.1) is 11.8 Å². The van der Waals surface area contributed by atoms with E-state index in [4.69, 9.17) is 11.5 Å². The first-order valence-corrected chi connectivity index (χ1v) is 19.4. The Morgan fingerprint density at radius 3 is 1.72 bits per heavy atom. The van der Waals surface area contributed by atoms with Crippen LogP contribution in [0.3, 0.4) is 0 Å². The van der Waals surface area contributed by atoms with Crippen molar-refractivity contribution in [1.29, 1.82) is 0 Å². The van der Waals surface area contributed by atoms with E-state index in [-0.39, 0.29) is 36.3 Å². The van der Waals surface area contributed by atoms with Gasteiger partial charge in [0, 0.05) is 62.5 Å². The number of carbonyl (C=O) groups is 9. The Bertz CT molecular complexity index is 1820. The van der Waals surface area contributed by atoms with Gasteiger partial charge in [0.05, 0.1) is 24.3 Å². The fraction of sp³-hybridized carbons (Fsp3) is 0.559. The molecule has 308 valence electrons. The Kier molecular flexibility index (Phi) is 13.9. The van der Waals surface area contributed by atoms with Crippen molar-refractivity contribution in [2.75, 3.05) is 25.9 Å². The van der Waals surface area contributed by atoms with E-state index in [1.807, 2.05) is 0 Å². The smallest absolute Gasteiger partial charge is 0.324 e. The maximum atomic E-state index is 13.1. The zero-order chi connectivity index (χ0) is 41.4. The lowest BCUT2D eigenvalue weighted by molar-refractivity contribution is -0.141. The van der Waals surface area contributed by atoms with Crippen molar-refractivity contribution in [3.63, 3.8) is 0 Å². The fourth-order valence-corrected chi connectivity index (χ4v) is 7.83. The minimum Gasteiger partial charge on any atom is -0.368 e. The number of rotatable bonds is 12. The first-order valence-electron chi connectivity index (χ1n) is 18.4. The number of imidazole rings is 2. The molecule has 0 aliphatic carbocycles. The molecule has 4 saturated heterocycles. The van der Waals surface area contributed by atoms with Crippen molar-refractivity contribution in [2.24, 2.45) is 11.5 Å². The largest absolute Gasteiger partial charge is 0.368 e. The Labute approximate surface area is 330 Å². The number of imide groups is 1. The second kappa shape index (κ2) is 18.8. The first-order chi connectivity index (χ1) is 27.1. The summed E-state index contributed by atoms with van der Waals surface area (Å²) in [6, 6.07) is -5.80. The number of hydrogen-bond acceptors (Lipinski definition) is 12. The highest BCUT2D eigenvalue weighted by Gasteiger charge is 2.41. The number of nitrogens with zero attached hydrogens (tertiary/aromatic N) is 5. The molecule has 0 spiro atoms. The zero-order valence-corrected chi connectivity index (χ0v) is 32.2. The van der Waals surface area contributed by atoms with Crippen LogP contribution in [0.2, 0.25) is 0 Å². The summed E-state index contributed by atoms with van der Waals surface area (Å²) in [6.07, 6.45) is 8.37. The van der Waals surface area contributed by atoms with E-state index in [2.05, 4.69) is 41.2 Å². The number of nitrogens with two attached hydrogens (primary N) is 2. The molecule has 2 aromatic heterocycles. The number of nitrogens with one attached hydrogen (secondary N) is 6. The number of primary amides is 2. The molecule has 4 aliphatic heterocycles. The van der Waals surface area contributed by atoms with Crippen LogP contribution in [0.15, 0.2) is 25.0 Å². The molecule has 4 fully saturated rings. The van der Waals surface area contributed by atoms with Crippen molar-refractivity contribution >= 4 is 65.1 Å². The normalized spacial score (nSPS) is 24.4. The molecular weight excluding hydrogens is 767 g/mol. The number of aromatic nitrogens is 4. The van der Waals surface area contributed by atoms with Crippen LogP contribution in [-0.4, -0.2) is 155 Å².